The van der Waals surface area contributed by atoms with Gasteiger partial charge < -0.3 is 0 Å². The fourth-order valence-electron chi connectivity index (χ4n) is 4.31. The van der Waals surface area contributed by atoms with Gasteiger partial charge in [-0.05, 0) is 36.4 Å². The molecule has 1 N–H and O–H groups in total. The number of hydrogen-bond acceptors (Lipinski definition) is 5. The molecule has 3 aromatic rings. The normalized spacial score (nSPS) is 17.8. The van der Waals surface area contributed by atoms with E-state index in [9.17, 15) is 18.0 Å². The third-order valence-corrected chi connectivity index (χ3v) is 7.83. The Bertz CT molecular complexity index is 1380. The maximum Gasteiger partial charge on any atom is 0.271 e. The molecule has 1 saturated heterocycles. The van der Waals surface area contributed by atoms with Gasteiger partial charge in [0.25, 0.3) is 5.91 Å². The SMILES string of the molecule is O=C(N/N=C1\C(=O)c2cccc3cccc1c23)c1cccc(S(=O)(=O)N2CCCCC2)c1. The summed E-state index contributed by atoms with van der Waals surface area (Å²) in [6, 6.07) is 16.9. The summed E-state index contributed by atoms with van der Waals surface area (Å²) in [5.74, 6) is -0.831. The predicted molar refractivity (Wildman–Crippen MR) is 121 cm³/mol. The highest BCUT2D eigenvalue weighted by atomic mass is 32.2. The highest BCUT2D eigenvalue weighted by Crippen LogP contribution is 2.31. The molecule has 3 aromatic carbocycles. The van der Waals surface area contributed by atoms with Crippen molar-refractivity contribution in [1.29, 1.82) is 0 Å². The summed E-state index contributed by atoms with van der Waals surface area (Å²) in [5, 5.41) is 5.86. The van der Waals surface area contributed by atoms with Crippen LogP contribution in [0.1, 0.15) is 45.5 Å². The van der Waals surface area contributed by atoms with Crippen LogP contribution in [0.15, 0.2) is 70.7 Å². The van der Waals surface area contributed by atoms with E-state index in [-0.39, 0.29) is 22.0 Å². The van der Waals surface area contributed by atoms with Crippen LogP contribution in [0, 0.1) is 0 Å². The van der Waals surface area contributed by atoms with Crippen LogP contribution in [0.2, 0.25) is 0 Å². The van der Waals surface area contributed by atoms with Crippen LogP contribution >= 0.6 is 0 Å². The predicted octanol–water partition coefficient (Wildman–Crippen LogP) is 3.34. The zero-order valence-electron chi connectivity index (χ0n) is 17.2. The zero-order chi connectivity index (χ0) is 22.3. The van der Waals surface area contributed by atoms with E-state index >= 15 is 0 Å². The third kappa shape index (κ3) is 3.41. The molecule has 1 amide bonds. The Balaban J connectivity index is 1.41. The van der Waals surface area contributed by atoms with E-state index in [1.165, 1.54) is 28.6 Å². The molecule has 2 aliphatic rings. The molecule has 0 spiro atoms. The number of benzene rings is 3. The van der Waals surface area contributed by atoms with Crippen molar-refractivity contribution in [3.63, 3.8) is 0 Å². The van der Waals surface area contributed by atoms with Crippen LogP contribution in [-0.4, -0.2) is 43.2 Å². The molecule has 1 aliphatic heterocycles. The van der Waals surface area contributed by atoms with Gasteiger partial charge in [-0.25, -0.2) is 13.8 Å². The van der Waals surface area contributed by atoms with Crippen molar-refractivity contribution in [2.45, 2.75) is 24.2 Å². The monoisotopic (exact) mass is 447 g/mol. The molecule has 0 aromatic heterocycles. The van der Waals surface area contributed by atoms with Gasteiger partial charge in [-0.2, -0.15) is 9.41 Å². The number of hydrogen-bond donors (Lipinski definition) is 1. The second-order valence-electron chi connectivity index (χ2n) is 7.93. The molecule has 7 nitrogen and oxygen atoms in total. The number of nitrogens with zero attached hydrogens (tertiary/aromatic N) is 2. The number of amides is 1. The van der Waals surface area contributed by atoms with Gasteiger partial charge in [0.15, 0.2) is 0 Å². The van der Waals surface area contributed by atoms with Crippen molar-refractivity contribution in [3.8, 4) is 0 Å². The first kappa shape index (κ1) is 20.5. The second-order valence-corrected chi connectivity index (χ2v) is 9.87. The third-order valence-electron chi connectivity index (χ3n) is 5.94. The Kier molecular flexibility index (Phi) is 5.11. The van der Waals surface area contributed by atoms with E-state index < -0.39 is 15.9 Å². The lowest BCUT2D eigenvalue weighted by atomic mass is 10.1. The minimum absolute atomic E-state index is 0.0776. The summed E-state index contributed by atoms with van der Waals surface area (Å²) in [7, 11) is -3.66. The molecule has 0 bridgehead atoms. The molecule has 0 unspecified atom stereocenters. The standard InChI is InChI=1S/C24H21N3O4S/c28-23-20-12-6-8-16-7-5-11-19(21(16)20)22(23)25-26-24(29)17-9-4-10-18(15-17)32(30,31)27-13-2-1-3-14-27/h4-12,15H,1-3,13-14H2,(H,26,29)/b25-22-. The quantitative estimate of drug-likeness (QED) is 0.621. The van der Waals surface area contributed by atoms with Crippen LogP contribution in [0.25, 0.3) is 10.8 Å². The Hall–Kier alpha value is -3.36. The highest BCUT2D eigenvalue weighted by Gasteiger charge is 2.29. The summed E-state index contributed by atoms with van der Waals surface area (Å²) in [6.45, 7) is 0.973. The van der Waals surface area contributed by atoms with Crippen molar-refractivity contribution in [2.75, 3.05) is 13.1 Å². The molecule has 1 aliphatic carbocycles. The second kappa shape index (κ2) is 7.96. The Labute approximate surface area is 185 Å². The van der Waals surface area contributed by atoms with Gasteiger partial charge in [-0.1, -0.05) is 48.9 Å². The number of Topliss-reactive ketones (excluding diaryl/α,β-unsaturated/α-hetero) is 1. The lowest BCUT2D eigenvalue weighted by Crippen LogP contribution is -2.35. The summed E-state index contributed by atoms with van der Waals surface area (Å²) in [6.07, 6.45) is 2.69. The van der Waals surface area contributed by atoms with Crippen molar-refractivity contribution in [3.05, 3.63) is 77.4 Å². The lowest BCUT2D eigenvalue weighted by molar-refractivity contribution is 0.0954. The number of nitrogens with one attached hydrogen (secondary N) is 1. The van der Waals surface area contributed by atoms with Crippen LogP contribution in [0.4, 0.5) is 0 Å². The van der Waals surface area contributed by atoms with Gasteiger partial charge in [0.2, 0.25) is 15.8 Å². The Morgan fingerprint density at radius 2 is 1.59 bits per heavy atom. The van der Waals surface area contributed by atoms with Gasteiger partial charge in [0, 0.05) is 35.2 Å². The smallest absolute Gasteiger partial charge is 0.271 e. The molecule has 1 heterocycles. The maximum absolute atomic E-state index is 12.9. The van der Waals surface area contributed by atoms with Crippen molar-refractivity contribution >= 4 is 38.2 Å². The first-order chi connectivity index (χ1) is 15.5. The van der Waals surface area contributed by atoms with Crippen LogP contribution in [0.3, 0.4) is 0 Å². The molecular formula is C24H21N3O4S. The average molecular weight is 448 g/mol. The number of piperidine rings is 1. The average Bonchev–Trinajstić information content (AvgIpc) is 3.11. The molecule has 32 heavy (non-hydrogen) atoms. The van der Waals surface area contributed by atoms with Crippen LogP contribution < -0.4 is 5.43 Å². The fourth-order valence-corrected chi connectivity index (χ4v) is 5.88. The molecule has 1 fully saturated rings. The van der Waals surface area contributed by atoms with Crippen LogP contribution in [0.5, 0.6) is 0 Å². The minimum atomic E-state index is -3.66. The summed E-state index contributed by atoms with van der Waals surface area (Å²) >= 11 is 0. The Morgan fingerprint density at radius 1 is 0.906 bits per heavy atom. The molecule has 0 atom stereocenters. The number of ketones is 1. The number of carbonyl (C=O) groups excluding carboxylic acids is 2. The van der Waals surface area contributed by atoms with E-state index in [0.29, 0.717) is 24.2 Å². The van der Waals surface area contributed by atoms with Crippen molar-refractivity contribution in [1.82, 2.24) is 9.73 Å². The van der Waals surface area contributed by atoms with Gasteiger partial charge in [0.1, 0.15) is 5.71 Å². The number of rotatable bonds is 4. The van der Waals surface area contributed by atoms with Crippen molar-refractivity contribution in [2.24, 2.45) is 5.10 Å². The molecule has 0 radical (unpaired) electrons. The fraction of sp³-hybridized carbons (Fsp3) is 0.208. The minimum Gasteiger partial charge on any atom is -0.287 e. The maximum atomic E-state index is 12.9. The van der Waals surface area contributed by atoms with Gasteiger partial charge in [-0.3, -0.25) is 9.59 Å². The molecule has 8 heteroatoms. The largest absolute Gasteiger partial charge is 0.287 e. The molecule has 0 saturated carbocycles. The summed E-state index contributed by atoms with van der Waals surface area (Å²) < 4.78 is 27.3. The van der Waals surface area contributed by atoms with E-state index in [1.807, 2.05) is 24.3 Å². The Morgan fingerprint density at radius 3 is 2.34 bits per heavy atom. The molecule has 5 rings (SSSR count). The van der Waals surface area contributed by atoms with E-state index in [0.717, 1.165) is 30.0 Å². The highest BCUT2D eigenvalue weighted by molar-refractivity contribution is 7.89. The molecular weight excluding hydrogens is 426 g/mol. The zero-order valence-corrected chi connectivity index (χ0v) is 18.1. The first-order valence-corrected chi connectivity index (χ1v) is 12.0. The number of carbonyl (C=O) groups is 2. The lowest BCUT2D eigenvalue weighted by Gasteiger charge is -2.25. The topological polar surface area (TPSA) is 95.9 Å². The van der Waals surface area contributed by atoms with Gasteiger partial charge in [0.05, 0.1) is 4.90 Å². The van der Waals surface area contributed by atoms with Gasteiger partial charge >= 0.3 is 0 Å². The molecule has 162 valence electrons. The van der Waals surface area contributed by atoms with Crippen LogP contribution in [-0.2, 0) is 10.0 Å². The van der Waals surface area contributed by atoms with E-state index in [4.69, 9.17) is 0 Å². The number of sulfonamides is 1. The summed E-state index contributed by atoms with van der Waals surface area (Å²) in [5.41, 5.74) is 3.98. The first-order valence-electron chi connectivity index (χ1n) is 10.5. The summed E-state index contributed by atoms with van der Waals surface area (Å²) in [4.78, 5) is 25.6. The van der Waals surface area contributed by atoms with E-state index in [2.05, 4.69) is 10.5 Å². The van der Waals surface area contributed by atoms with E-state index in [1.54, 1.807) is 12.1 Å². The number of hydrazone groups is 1. The van der Waals surface area contributed by atoms with Crippen molar-refractivity contribution < 1.29 is 18.0 Å². The van der Waals surface area contributed by atoms with Gasteiger partial charge in [-0.15, -0.1) is 0 Å².